The molecule has 0 saturated carbocycles. The Labute approximate surface area is 207 Å². The molecule has 5 aromatic carbocycles. The second-order valence-corrected chi connectivity index (χ2v) is 10.7. The Balaban J connectivity index is 1.42. The molecular formula is C30H22N2S2+2. The number of para-hydroxylation sites is 4. The summed E-state index contributed by atoms with van der Waals surface area (Å²) < 4.78 is 0. The summed E-state index contributed by atoms with van der Waals surface area (Å²) in [5.74, 6) is 0. The molecule has 5 aromatic rings. The van der Waals surface area contributed by atoms with Gasteiger partial charge >= 0.3 is 0 Å². The number of rotatable bonds is 2. The van der Waals surface area contributed by atoms with Gasteiger partial charge in [-0.1, -0.05) is 78.1 Å². The molecule has 2 N–H and O–H groups in total. The van der Waals surface area contributed by atoms with E-state index in [0.717, 1.165) is 0 Å². The molecule has 2 heterocycles. The first-order valence-corrected chi connectivity index (χ1v) is 13.1. The third-order valence-electron chi connectivity index (χ3n) is 6.51. The van der Waals surface area contributed by atoms with E-state index < -0.39 is 0 Å². The average molecular weight is 475 g/mol. The first-order chi connectivity index (χ1) is 16.9. The van der Waals surface area contributed by atoms with Crippen LogP contribution in [0, 0.1) is 0 Å². The Hall–Kier alpha value is -3.28. The van der Waals surface area contributed by atoms with Crippen LogP contribution < -0.4 is 9.80 Å². The van der Waals surface area contributed by atoms with Crippen molar-refractivity contribution in [1.82, 2.24) is 0 Å². The van der Waals surface area contributed by atoms with Crippen molar-refractivity contribution >= 4 is 57.6 Å². The molecule has 0 aliphatic carbocycles. The van der Waals surface area contributed by atoms with E-state index in [-0.39, 0.29) is 0 Å². The molecule has 0 atom stereocenters. The molecule has 0 radical (unpaired) electrons. The highest BCUT2D eigenvalue weighted by Gasteiger charge is 2.33. The lowest BCUT2D eigenvalue weighted by Crippen LogP contribution is -2.99. The minimum Gasteiger partial charge on any atom is -0.236 e. The number of hydrogen-bond donors (Lipinski definition) is 2. The molecule has 2 aliphatic rings. The van der Waals surface area contributed by atoms with Gasteiger partial charge in [-0.25, -0.2) is 9.80 Å². The van der Waals surface area contributed by atoms with Gasteiger partial charge in [0, 0.05) is 36.4 Å². The average Bonchev–Trinajstić information content (AvgIpc) is 2.90. The SMILES string of the molecule is c1cc([NH+]2c3ccccc3Sc3ccccc32)cc([NH+]2c3ccccc3Sc3ccccc32)c1. The smallest absolute Gasteiger partial charge is 0.155 e. The second kappa shape index (κ2) is 8.19. The summed E-state index contributed by atoms with van der Waals surface area (Å²) in [7, 11) is 0. The fourth-order valence-electron chi connectivity index (χ4n) is 5.03. The summed E-state index contributed by atoms with van der Waals surface area (Å²) in [5.41, 5.74) is 7.78. The molecule has 0 fully saturated rings. The zero-order chi connectivity index (χ0) is 22.5. The number of quaternary nitrogens is 2. The second-order valence-electron chi connectivity index (χ2n) is 8.52. The van der Waals surface area contributed by atoms with Gasteiger partial charge in [0.05, 0.1) is 25.6 Å². The van der Waals surface area contributed by atoms with Crippen molar-refractivity contribution in [1.29, 1.82) is 0 Å². The Morgan fingerprint density at radius 2 is 0.676 bits per heavy atom. The van der Waals surface area contributed by atoms with Crippen LogP contribution in [0.4, 0.5) is 34.1 Å². The van der Waals surface area contributed by atoms with Gasteiger partial charge in [0.15, 0.2) is 22.7 Å². The molecule has 7 rings (SSSR count). The summed E-state index contributed by atoms with van der Waals surface area (Å²) in [5, 5.41) is 0. The molecular weight excluding hydrogens is 452 g/mol. The molecule has 0 unspecified atom stereocenters. The lowest BCUT2D eigenvalue weighted by atomic mass is 10.1. The molecule has 0 saturated heterocycles. The molecule has 4 heteroatoms. The van der Waals surface area contributed by atoms with Crippen LogP contribution in [0.5, 0.6) is 0 Å². The van der Waals surface area contributed by atoms with E-state index in [1.165, 1.54) is 63.5 Å². The number of fused-ring (bicyclic) bond motifs is 4. The highest BCUT2D eigenvalue weighted by Crippen LogP contribution is 2.42. The minimum atomic E-state index is 1.26. The summed E-state index contributed by atoms with van der Waals surface area (Å²) in [6.07, 6.45) is 0. The van der Waals surface area contributed by atoms with Gasteiger partial charge in [-0.3, -0.25) is 0 Å². The predicted octanol–water partition coefficient (Wildman–Crippen LogP) is 6.98. The molecule has 2 nitrogen and oxygen atoms in total. The lowest BCUT2D eigenvalue weighted by molar-refractivity contribution is -0.693. The van der Waals surface area contributed by atoms with Gasteiger partial charge in [-0.15, -0.1) is 0 Å². The van der Waals surface area contributed by atoms with E-state index in [4.69, 9.17) is 0 Å². The van der Waals surface area contributed by atoms with E-state index in [9.17, 15) is 0 Å². The van der Waals surface area contributed by atoms with Crippen LogP contribution in [0.15, 0.2) is 141 Å². The molecule has 0 bridgehead atoms. The van der Waals surface area contributed by atoms with Crippen molar-refractivity contribution in [3.8, 4) is 0 Å². The van der Waals surface area contributed by atoms with E-state index in [2.05, 4.69) is 121 Å². The Morgan fingerprint density at radius 1 is 0.353 bits per heavy atom. The number of hydrogen-bond acceptors (Lipinski definition) is 2. The monoisotopic (exact) mass is 474 g/mol. The topological polar surface area (TPSA) is 8.88 Å². The third-order valence-corrected chi connectivity index (χ3v) is 8.81. The highest BCUT2D eigenvalue weighted by atomic mass is 32.2. The zero-order valence-corrected chi connectivity index (χ0v) is 20.0. The standard InChI is InChI=1S/C30H20N2S2/c1-5-16-27-23(12-1)31(24-13-2-6-17-28(24)33-27)21-10-9-11-22(20-21)32-25-14-3-7-18-29(25)34-30-19-8-4-15-26(30)32/h1-20H/p+2. The maximum atomic E-state index is 2.39. The fourth-order valence-corrected chi connectivity index (χ4v) is 7.21. The summed E-state index contributed by atoms with van der Waals surface area (Å²) in [6, 6.07) is 44.2. The van der Waals surface area contributed by atoms with Crippen LogP contribution in [0.25, 0.3) is 0 Å². The van der Waals surface area contributed by atoms with Crippen molar-refractivity contribution in [3.63, 3.8) is 0 Å². The van der Waals surface area contributed by atoms with E-state index in [1.54, 1.807) is 0 Å². The summed E-state index contributed by atoms with van der Waals surface area (Å²) in [6.45, 7) is 0. The lowest BCUT2D eigenvalue weighted by Gasteiger charge is -2.29. The molecule has 162 valence electrons. The van der Waals surface area contributed by atoms with Crippen LogP contribution in [0.2, 0.25) is 0 Å². The maximum Gasteiger partial charge on any atom is 0.155 e. The first kappa shape index (κ1) is 20.1. The van der Waals surface area contributed by atoms with Gasteiger partial charge in [-0.2, -0.15) is 0 Å². The van der Waals surface area contributed by atoms with Crippen LogP contribution in [0.1, 0.15) is 0 Å². The van der Waals surface area contributed by atoms with Crippen molar-refractivity contribution in [2.45, 2.75) is 19.6 Å². The highest BCUT2D eigenvalue weighted by molar-refractivity contribution is 8.00. The maximum absolute atomic E-state index is 2.39. The summed E-state index contributed by atoms with van der Waals surface area (Å²) in [4.78, 5) is 7.91. The molecule has 0 aromatic heterocycles. The van der Waals surface area contributed by atoms with E-state index in [1.807, 2.05) is 23.5 Å². The van der Waals surface area contributed by atoms with Crippen LogP contribution >= 0.6 is 23.5 Å². The zero-order valence-electron chi connectivity index (χ0n) is 18.4. The first-order valence-electron chi connectivity index (χ1n) is 11.4. The van der Waals surface area contributed by atoms with E-state index >= 15 is 0 Å². The normalized spacial score (nSPS) is 14.6. The van der Waals surface area contributed by atoms with Gasteiger partial charge in [0.25, 0.3) is 0 Å². The minimum absolute atomic E-state index is 1.26. The predicted molar refractivity (Wildman–Crippen MR) is 140 cm³/mol. The van der Waals surface area contributed by atoms with Crippen LogP contribution in [-0.2, 0) is 0 Å². The number of nitrogens with one attached hydrogen (secondary N) is 2. The van der Waals surface area contributed by atoms with Crippen molar-refractivity contribution in [3.05, 3.63) is 121 Å². The van der Waals surface area contributed by atoms with Crippen LogP contribution in [0.3, 0.4) is 0 Å². The van der Waals surface area contributed by atoms with Crippen molar-refractivity contribution < 1.29 is 9.80 Å². The van der Waals surface area contributed by atoms with Gasteiger partial charge in [0.1, 0.15) is 11.4 Å². The van der Waals surface area contributed by atoms with Crippen molar-refractivity contribution in [2.24, 2.45) is 0 Å². The molecule has 0 spiro atoms. The quantitative estimate of drug-likeness (QED) is 0.280. The van der Waals surface area contributed by atoms with Gasteiger partial charge < -0.3 is 0 Å². The summed E-state index contributed by atoms with van der Waals surface area (Å²) >= 11 is 3.73. The van der Waals surface area contributed by atoms with Crippen molar-refractivity contribution in [2.75, 3.05) is 0 Å². The Bertz CT molecular complexity index is 1340. The Morgan fingerprint density at radius 3 is 1.03 bits per heavy atom. The molecule has 2 aliphatic heterocycles. The Kier molecular flexibility index (Phi) is 4.85. The van der Waals surface area contributed by atoms with Crippen LogP contribution in [-0.4, -0.2) is 0 Å². The molecule has 34 heavy (non-hydrogen) atoms. The largest absolute Gasteiger partial charge is 0.236 e. The fraction of sp³-hybridized carbons (Fsp3) is 0. The van der Waals surface area contributed by atoms with E-state index in [0.29, 0.717) is 0 Å². The third kappa shape index (κ3) is 3.23. The number of benzene rings is 5. The van der Waals surface area contributed by atoms with Gasteiger partial charge in [-0.05, 0) is 24.3 Å². The van der Waals surface area contributed by atoms with Gasteiger partial charge in [0.2, 0.25) is 0 Å². The molecule has 0 amide bonds.